The Hall–Kier alpha value is -2.14. The molecule has 0 aliphatic carbocycles. The number of aromatic hydroxyl groups is 1. The smallest absolute Gasteiger partial charge is 0.271 e. The number of hydrazone groups is 1. The number of phenols is 1. The average Bonchev–Trinajstić information content (AvgIpc) is 2.43. The molecule has 0 spiro atoms. The summed E-state index contributed by atoms with van der Waals surface area (Å²) >= 11 is 3.21. The first-order chi connectivity index (χ1) is 9.58. The Kier molecular flexibility index (Phi) is 4.53. The fourth-order valence-electron chi connectivity index (χ4n) is 1.66. The van der Waals surface area contributed by atoms with E-state index in [1.54, 1.807) is 24.3 Å². The van der Waals surface area contributed by atoms with Crippen LogP contribution in [0.3, 0.4) is 0 Å². The van der Waals surface area contributed by atoms with E-state index in [4.69, 9.17) is 0 Å². The van der Waals surface area contributed by atoms with Crippen LogP contribution in [-0.4, -0.2) is 17.2 Å². The van der Waals surface area contributed by atoms with Crippen LogP contribution in [0.25, 0.3) is 0 Å². The van der Waals surface area contributed by atoms with Crippen molar-refractivity contribution < 1.29 is 9.90 Å². The first-order valence-corrected chi connectivity index (χ1v) is 6.75. The van der Waals surface area contributed by atoms with Crippen LogP contribution in [0.1, 0.15) is 21.5 Å². The second-order valence-electron chi connectivity index (χ2n) is 4.22. The maximum absolute atomic E-state index is 11.9. The van der Waals surface area contributed by atoms with Crippen LogP contribution >= 0.6 is 15.9 Å². The van der Waals surface area contributed by atoms with Gasteiger partial charge in [0, 0.05) is 5.56 Å². The highest BCUT2D eigenvalue weighted by Crippen LogP contribution is 2.23. The summed E-state index contributed by atoms with van der Waals surface area (Å²) in [5, 5.41) is 13.3. The summed E-state index contributed by atoms with van der Waals surface area (Å²) in [5.74, 6) is -0.0942. The third kappa shape index (κ3) is 3.45. The molecular formula is C15H13BrN2O2. The molecule has 20 heavy (non-hydrogen) atoms. The molecule has 0 atom stereocenters. The van der Waals surface area contributed by atoms with E-state index < -0.39 is 0 Å². The van der Waals surface area contributed by atoms with Crippen LogP contribution in [0.4, 0.5) is 0 Å². The summed E-state index contributed by atoms with van der Waals surface area (Å²) in [7, 11) is 0. The monoisotopic (exact) mass is 332 g/mol. The van der Waals surface area contributed by atoms with Gasteiger partial charge in [0.05, 0.1) is 10.7 Å². The van der Waals surface area contributed by atoms with Crippen LogP contribution in [0, 0.1) is 6.92 Å². The van der Waals surface area contributed by atoms with Crippen molar-refractivity contribution in [2.45, 2.75) is 6.92 Å². The second-order valence-corrected chi connectivity index (χ2v) is 5.08. The lowest BCUT2D eigenvalue weighted by atomic mass is 10.1. The number of carbonyl (C=O) groups is 1. The van der Waals surface area contributed by atoms with Crippen molar-refractivity contribution >= 4 is 28.1 Å². The number of hydrogen-bond acceptors (Lipinski definition) is 3. The van der Waals surface area contributed by atoms with Crippen LogP contribution < -0.4 is 5.43 Å². The van der Waals surface area contributed by atoms with Gasteiger partial charge in [0.1, 0.15) is 5.75 Å². The third-order valence-electron chi connectivity index (χ3n) is 2.74. The lowest BCUT2D eigenvalue weighted by Gasteiger charge is -2.03. The number of hydrogen-bond donors (Lipinski definition) is 2. The van der Waals surface area contributed by atoms with E-state index in [2.05, 4.69) is 26.5 Å². The molecule has 2 rings (SSSR count). The Morgan fingerprint density at radius 3 is 2.75 bits per heavy atom. The van der Waals surface area contributed by atoms with Crippen molar-refractivity contribution in [2.75, 3.05) is 0 Å². The van der Waals surface area contributed by atoms with Crippen molar-refractivity contribution in [3.05, 3.63) is 63.6 Å². The Morgan fingerprint density at radius 2 is 2.05 bits per heavy atom. The minimum atomic E-state index is -0.253. The summed E-state index contributed by atoms with van der Waals surface area (Å²) in [5.41, 5.74) is 4.73. The Bertz CT molecular complexity index is 669. The Morgan fingerprint density at radius 1 is 1.30 bits per heavy atom. The molecule has 2 aromatic carbocycles. The number of amides is 1. The molecule has 0 bridgehead atoms. The second kappa shape index (κ2) is 6.34. The average molecular weight is 333 g/mol. The molecule has 0 saturated carbocycles. The first kappa shape index (κ1) is 14.3. The van der Waals surface area contributed by atoms with Crippen LogP contribution in [-0.2, 0) is 0 Å². The van der Waals surface area contributed by atoms with Gasteiger partial charge in [-0.3, -0.25) is 4.79 Å². The van der Waals surface area contributed by atoms with Crippen molar-refractivity contribution in [3.8, 4) is 5.75 Å². The van der Waals surface area contributed by atoms with Gasteiger partial charge in [-0.15, -0.1) is 0 Å². The molecule has 5 heteroatoms. The van der Waals surface area contributed by atoms with Crippen molar-refractivity contribution in [1.29, 1.82) is 0 Å². The Labute approximate surface area is 125 Å². The molecular weight excluding hydrogens is 320 g/mol. The minimum Gasteiger partial charge on any atom is -0.507 e. The molecule has 0 aromatic heterocycles. The predicted octanol–water partition coefficient (Wildman–Crippen LogP) is 3.23. The maximum Gasteiger partial charge on any atom is 0.271 e. The Balaban J connectivity index is 2.05. The third-order valence-corrected chi connectivity index (χ3v) is 3.38. The molecule has 0 fully saturated rings. The van der Waals surface area contributed by atoms with Crippen LogP contribution in [0.5, 0.6) is 5.75 Å². The van der Waals surface area contributed by atoms with Gasteiger partial charge in [0.25, 0.3) is 5.91 Å². The van der Waals surface area contributed by atoms with E-state index in [-0.39, 0.29) is 11.7 Å². The van der Waals surface area contributed by atoms with E-state index in [0.29, 0.717) is 10.0 Å². The molecule has 0 saturated heterocycles. The highest BCUT2D eigenvalue weighted by molar-refractivity contribution is 9.10. The zero-order chi connectivity index (χ0) is 14.5. The molecule has 1 amide bonds. The summed E-state index contributed by atoms with van der Waals surface area (Å²) in [6.07, 6.45) is 1.51. The van der Waals surface area contributed by atoms with Crippen molar-refractivity contribution in [1.82, 2.24) is 5.43 Å². The predicted molar refractivity (Wildman–Crippen MR) is 82.0 cm³/mol. The molecule has 0 heterocycles. The highest BCUT2D eigenvalue weighted by Gasteiger charge is 2.06. The largest absolute Gasteiger partial charge is 0.507 e. The fourth-order valence-corrected chi connectivity index (χ4v) is 2.05. The number of carbonyl (C=O) groups excluding carboxylic acids is 1. The maximum atomic E-state index is 11.9. The lowest BCUT2D eigenvalue weighted by molar-refractivity contribution is 0.0954. The van der Waals surface area contributed by atoms with E-state index in [9.17, 15) is 9.90 Å². The molecule has 0 aliphatic rings. The number of nitrogens with one attached hydrogen (secondary N) is 1. The zero-order valence-corrected chi connectivity index (χ0v) is 12.4. The normalized spacial score (nSPS) is 10.7. The topological polar surface area (TPSA) is 61.7 Å². The van der Waals surface area contributed by atoms with Crippen molar-refractivity contribution in [3.63, 3.8) is 0 Å². The van der Waals surface area contributed by atoms with E-state index in [1.807, 2.05) is 25.1 Å². The number of benzene rings is 2. The van der Waals surface area contributed by atoms with Crippen molar-refractivity contribution in [2.24, 2.45) is 5.10 Å². The van der Waals surface area contributed by atoms with Gasteiger partial charge in [-0.25, -0.2) is 5.43 Å². The van der Waals surface area contributed by atoms with Gasteiger partial charge >= 0.3 is 0 Å². The SMILES string of the molecule is Cc1ccccc1C(=O)N/N=C/c1ccc(O)c(Br)c1. The minimum absolute atomic E-state index is 0.158. The summed E-state index contributed by atoms with van der Waals surface area (Å²) in [6.45, 7) is 1.87. The van der Waals surface area contributed by atoms with Gasteiger partial charge in [-0.2, -0.15) is 5.10 Å². The molecule has 4 nitrogen and oxygen atoms in total. The molecule has 102 valence electrons. The summed E-state index contributed by atoms with van der Waals surface area (Å²) < 4.78 is 0.576. The van der Waals surface area contributed by atoms with E-state index >= 15 is 0 Å². The zero-order valence-electron chi connectivity index (χ0n) is 10.8. The molecule has 0 aliphatic heterocycles. The molecule has 2 N–H and O–H groups in total. The quantitative estimate of drug-likeness (QED) is 0.669. The number of rotatable bonds is 3. The number of halogens is 1. The van der Waals surface area contributed by atoms with Gasteiger partial charge < -0.3 is 5.11 Å². The molecule has 0 radical (unpaired) electrons. The fraction of sp³-hybridized carbons (Fsp3) is 0.0667. The number of aryl methyl sites for hydroxylation is 1. The lowest BCUT2D eigenvalue weighted by Crippen LogP contribution is -2.18. The number of phenolic OH excluding ortho intramolecular Hbond substituents is 1. The molecule has 2 aromatic rings. The van der Waals surface area contributed by atoms with Gasteiger partial charge in [-0.05, 0) is 58.2 Å². The van der Waals surface area contributed by atoms with Gasteiger partial charge in [0.2, 0.25) is 0 Å². The van der Waals surface area contributed by atoms with Gasteiger partial charge in [0.15, 0.2) is 0 Å². The standard InChI is InChI=1S/C15H13BrN2O2/c1-10-4-2-3-5-12(10)15(20)18-17-9-11-6-7-14(19)13(16)8-11/h2-9,19H,1H3,(H,18,20)/b17-9+. The van der Waals surface area contributed by atoms with Crippen LogP contribution in [0.2, 0.25) is 0 Å². The van der Waals surface area contributed by atoms with E-state index in [1.165, 1.54) is 6.21 Å². The van der Waals surface area contributed by atoms with Gasteiger partial charge in [-0.1, -0.05) is 18.2 Å². The van der Waals surface area contributed by atoms with Crippen LogP contribution in [0.15, 0.2) is 52.0 Å². The first-order valence-electron chi connectivity index (χ1n) is 5.95. The summed E-state index contributed by atoms with van der Waals surface area (Å²) in [6, 6.07) is 12.3. The van der Waals surface area contributed by atoms with E-state index in [0.717, 1.165) is 11.1 Å². The highest BCUT2D eigenvalue weighted by atomic mass is 79.9. The molecule has 0 unspecified atom stereocenters. The summed E-state index contributed by atoms with van der Waals surface area (Å²) in [4.78, 5) is 11.9. The number of nitrogens with zero attached hydrogens (tertiary/aromatic N) is 1.